The number of carbonyl (C=O) groups excluding carboxylic acids is 2. The highest BCUT2D eigenvalue weighted by Gasteiger charge is 2.23. The van der Waals surface area contributed by atoms with Crippen LogP contribution >= 0.6 is 0 Å². The molecule has 0 spiro atoms. The van der Waals surface area contributed by atoms with Gasteiger partial charge in [-0.2, -0.15) is 0 Å². The second-order valence-electron chi connectivity index (χ2n) is 5.22. The second-order valence-corrected chi connectivity index (χ2v) is 5.22. The standard InChI is InChI=1S/C13H23NO3/c1-7-11(15)14(10(2)3)8-9-17-12(16)13(4,5)6/h7,10H,1,8-9H2,2-6H3. The van der Waals surface area contributed by atoms with Crippen LogP contribution in [0.2, 0.25) is 0 Å². The van der Waals surface area contributed by atoms with Gasteiger partial charge in [0.1, 0.15) is 6.61 Å². The molecule has 0 saturated carbocycles. The van der Waals surface area contributed by atoms with Gasteiger partial charge in [-0.05, 0) is 40.7 Å². The first-order valence-corrected chi connectivity index (χ1v) is 5.80. The molecule has 98 valence electrons. The molecule has 0 aromatic heterocycles. The van der Waals surface area contributed by atoms with Crippen LogP contribution in [0.5, 0.6) is 0 Å². The number of hydrogen-bond donors (Lipinski definition) is 0. The molecule has 17 heavy (non-hydrogen) atoms. The molecule has 1 amide bonds. The lowest BCUT2D eigenvalue weighted by molar-refractivity contribution is -0.154. The largest absolute Gasteiger partial charge is 0.463 e. The third kappa shape index (κ3) is 5.52. The SMILES string of the molecule is C=CC(=O)N(CCOC(=O)C(C)(C)C)C(C)C. The fourth-order valence-electron chi connectivity index (χ4n) is 1.19. The first kappa shape index (κ1) is 15.7. The average Bonchev–Trinajstić information content (AvgIpc) is 2.21. The quantitative estimate of drug-likeness (QED) is 0.546. The molecule has 0 radical (unpaired) electrons. The third-order valence-electron chi connectivity index (χ3n) is 2.26. The molecule has 0 aliphatic heterocycles. The number of esters is 1. The van der Waals surface area contributed by atoms with Crippen LogP contribution in [-0.4, -0.2) is 36.0 Å². The van der Waals surface area contributed by atoms with Gasteiger partial charge in [0.05, 0.1) is 12.0 Å². The highest BCUT2D eigenvalue weighted by Crippen LogP contribution is 2.15. The Hall–Kier alpha value is -1.32. The van der Waals surface area contributed by atoms with E-state index in [1.807, 2.05) is 13.8 Å². The lowest BCUT2D eigenvalue weighted by Gasteiger charge is -2.26. The number of rotatable bonds is 5. The van der Waals surface area contributed by atoms with E-state index in [9.17, 15) is 9.59 Å². The van der Waals surface area contributed by atoms with Crippen LogP contribution in [0, 0.1) is 5.41 Å². The number of carbonyl (C=O) groups is 2. The van der Waals surface area contributed by atoms with Crippen molar-refractivity contribution >= 4 is 11.9 Å². The Morgan fingerprint density at radius 3 is 2.24 bits per heavy atom. The summed E-state index contributed by atoms with van der Waals surface area (Å²) in [7, 11) is 0. The summed E-state index contributed by atoms with van der Waals surface area (Å²) in [4.78, 5) is 24.6. The van der Waals surface area contributed by atoms with Crippen LogP contribution in [-0.2, 0) is 14.3 Å². The first-order chi connectivity index (χ1) is 7.70. The molecule has 0 N–H and O–H groups in total. The number of ether oxygens (including phenoxy) is 1. The van der Waals surface area contributed by atoms with Gasteiger partial charge in [0.15, 0.2) is 0 Å². The van der Waals surface area contributed by atoms with Crippen molar-refractivity contribution in [2.45, 2.75) is 40.7 Å². The first-order valence-electron chi connectivity index (χ1n) is 5.80. The van der Waals surface area contributed by atoms with Gasteiger partial charge in [-0.25, -0.2) is 0 Å². The number of hydrogen-bond acceptors (Lipinski definition) is 3. The highest BCUT2D eigenvalue weighted by atomic mass is 16.5. The fourth-order valence-corrected chi connectivity index (χ4v) is 1.19. The van der Waals surface area contributed by atoms with Crippen molar-refractivity contribution < 1.29 is 14.3 Å². The minimum absolute atomic E-state index is 0.0637. The van der Waals surface area contributed by atoms with Crippen molar-refractivity contribution in [3.8, 4) is 0 Å². The molecule has 0 unspecified atom stereocenters. The number of amides is 1. The van der Waals surface area contributed by atoms with Crippen molar-refractivity contribution in [2.24, 2.45) is 5.41 Å². The molecular formula is C13H23NO3. The molecule has 0 heterocycles. The van der Waals surface area contributed by atoms with Crippen LogP contribution in [0.3, 0.4) is 0 Å². The Morgan fingerprint density at radius 2 is 1.88 bits per heavy atom. The van der Waals surface area contributed by atoms with Gasteiger partial charge in [-0.3, -0.25) is 9.59 Å². The van der Waals surface area contributed by atoms with E-state index < -0.39 is 5.41 Å². The Kier molecular flexibility index (Phi) is 5.93. The van der Waals surface area contributed by atoms with E-state index in [0.29, 0.717) is 6.54 Å². The smallest absolute Gasteiger partial charge is 0.311 e. The van der Waals surface area contributed by atoms with Crippen LogP contribution in [0.1, 0.15) is 34.6 Å². The molecule has 4 heteroatoms. The number of nitrogens with zero attached hydrogens (tertiary/aromatic N) is 1. The topological polar surface area (TPSA) is 46.6 Å². The van der Waals surface area contributed by atoms with E-state index in [4.69, 9.17) is 4.74 Å². The molecule has 0 atom stereocenters. The van der Waals surface area contributed by atoms with Crippen LogP contribution in [0.4, 0.5) is 0 Å². The zero-order valence-corrected chi connectivity index (χ0v) is 11.4. The Morgan fingerprint density at radius 1 is 1.35 bits per heavy atom. The van der Waals surface area contributed by atoms with Gasteiger partial charge in [0.2, 0.25) is 5.91 Å². The molecule has 0 rings (SSSR count). The molecule has 0 aliphatic carbocycles. The molecular weight excluding hydrogens is 218 g/mol. The predicted molar refractivity (Wildman–Crippen MR) is 67.5 cm³/mol. The lowest BCUT2D eigenvalue weighted by atomic mass is 9.97. The van der Waals surface area contributed by atoms with Crippen molar-refractivity contribution in [1.82, 2.24) is 4.90 Å². The van der Waals surface area contributed by atoms with Crippen molar-refractivity contribution in [2.75, 3.05) is 13.2 Å². The van der Waals surface area contributed by atoms with E-state index in [2.05, 4.69) is 6.58 Å². The highest BCUT2D eigenvalue weighted by molar-refractivity contribution is 5.87. The van der Waals surface area contributed by atoms with Gasteiger partial charge in [-0.15, -0.1) is 0 Å². The van der Waals surface area contributed by atoms with Crippen molar-refractivity contribution in [1.29, 1.82) is 0 Å². The summed E-state index contributed by atoms with van der Waals surface area (Å²) < 4.78 is 5.11. The fraction of sp³-hybridized carbons (Fsp3) is 0.692. The van der Waals surface area contributed by atoms with Crippen LogP contribution < -0.4 is 0 Å². The van der Waals surface area contributed by atoms with E-state index >= 15 is 0 Å². The maximum atomic E-state index is 11.5. The van der Waals surface area contributed by atoms with Crippen LogP contribution in [0.15, 0.2) is 12.7 Å². The van der Waals surface area contributed by atoms with E-state index in [1.54, 1.807) is 25.7 Å². The summed E-state index contributed by atoms with van der Waals surface area (Å²) in [5, 5.41) is 0. The Balaban J connectivity index is 4.21. The molecule has 0 saturated heterocycles. The summed E-state index contributed by atoms with van der Waals surface area (Å²) in [5.74, 6) is -0.404. The van der Waals surface area contributed by atoms with Crippen LogP contribution in [0.25, 0.3) is 0 Å². The minimum Gasteiger partial charge on any atom is -0.463 e. The molecule has 0 bridgehead atoms. The van der Waals surface area contributed by atoms with E-state index in [-0.39, 0.29) is 24.5 Å². The lowest BCUT2D eigenvalue weighted by Crippen LogP contribution is -2.39. The summed E-state index contributed by atoms with van der Waals surface area (Å²) in [5.41, 5.74) is -0.509. The predicted octanol–water partition coefficient (Wildman–Crippen LogP) is 2.00. The van der Waals surface area contributed by atoms with Gasteiger partial charge < -0.3 is 9.64 Å². The average molecular weight is 241 g/mol. The van der Waals surface area contributed by atoms with Gasteiger partial charge in [0, 0.05) is 6.04 Å². The summed E-state index contributed by atoms with van der Waals surface area (Å²) in [6.07, 6.45) is 1.27. The molecule has 0 fully saturated rings. The normalized spacial score (nSPS) is 11.2. The van der Waals surface area contributed by atoms with E-state index in [1.165, 1.54) is 6.08 Å². The minimum atomic E-state index is -0.509. The van der Waals surface area contributed by atoms with Gasteiger partial charge in [0.25, 0.3) is 0 Å². The monoisotopic (exact) mass is 241 g/mol. The maximum absolute atomic E-state index is 11.5. The summed E-state index contributed by atoms with van der Waals surface area (Å²) >= 11 is 0. The Labute approximate surface area is 104 Å². The third-order valence-corrected chi connectivity index (χ3v) is 2.26. The molecule has 0 aliphatic rings. The molecule has 0 aromatic carbocycles. The summed E-state index contributed by atoms with van der Waals surface area (Å²) in [6, 6.07) is 0.0637. The van der Waals surface area contributed by atoms with E-state index in [0.717, 1.165) is 0 Å². The molecule has 0 aromatic rings. The second kappa shape index (κ2) is 6.42. The maximum Gasteiger partial charge on any atom is 0.311 e. The zero-order chi connectivity index (χ0) is 13.6. The van der Waals surface area contributed by atoms with Gasteiger partial charge >= 0.3 is 5.97 Å². The molecule has 4 nitrogen and oxygen atoms in total. The van der Waals surface area contributed by atoms with Crippen molar-refractivity contribution in [3.05, 3.63) is 12.7 Å². The zero-order valence-electron chi connectivity index (χ0n) is 11.4. The summed E-state index contributed by atoms with van der Waals surface area (Å²) in [6.45, 7) is 13.3. The van der Waals surface area contributed by atoms with Gasteiger partial charge in [-0.1, -0.05) is 6.58 Å². The van der Waals surface area contributed by atoms with Crippen molar-refractivity contribution in [3.63, 3.8) is 0 Å². The Bertz CT molecular complexity index is 290.